The number of benzene rings is 1. The molecule has 0 saturated heterocycles. The molecular weight excluding hydrogens is 255 g/mol. The molecule has 1 unspecified atom stereocenters. The SMILES string of the molecule is CCOc1ccc(NC(C)Cc2cccc(F)c2)cn1. The van der Waals surface area contributed by atoms with Crippen LogP contribution < -0.4 is 10.1 Å². The number of ether oxygens (including phenoxy) is 1. The van der Waals surface area contributed by atoms with Crippen molar-refractivity contribution in [2.75, 3.05) is 11.9 Å². The number of nitrogens with zero attached hydrogens (tertiary/aromatic N) is 1. The zero-order chi connectivity index (χ0) is 14.4. The molecule has 0 amide bonds. The molecule has 0 aliphatic carbocycles. The largest absolute Gasteiger partial charge is 0.478 e. The summed E-state index contributed by atoms with van der Waals surface area (Å²) in [5.74, 6) is 0.424. The first-order valence-corrected chi connectivity index (χ1v) is 6.77. The first-order valence-electron chi connectivity index (χ1n) is 6.77. The number of nitrogens with one attached hydrogen (secondary N) is 1. The molecular formula is C16H19FN2O. The highest BCUT2D eigenvalue weighted by Crippen LogP contribution is 2.14. The van der Waals surface area contributed by atoms with Gasteiger partial charge in [-0.15, -0.1) is 0 Å². The van der Waals surface area contributed by atoms with E-state index in [2.05, 4.69) is 17.2 Å². The maximum Gasteiger partial charge on any atom is 0.213 e. The first kappa shape index (κ1) is 14.3. The van der Waals surface area contributed by atoms with Gasteiger partial charge in [0.15, 0.2) is 0 Å². The predicted octanol–water partition coefficient (Wildman–Crippen LogP) is 3.66. The summed E-state index contributed by atoms with van der Waals surface area (Å²) in [5, 5.41) is 3.34. The van der Waals surface area contributed by atoms with Gasteiger partial charge in [-0.2, -0.15) is 0 Å². The lowest BCUT2D eigenvalue weighted by molar-refractivity contribution is 0.327. The van der Waals surface area contributed by atoms with Crippen molar-refractivity contribution in [3.05, 3.63) is 54.0 Å². The summed E-state index contributed by atoms with van der Waals surface area (Å²) in [6.07, 6.45) is 2.50. The average molecular weight is 274 g/mol. The van der Waals surface area contributed by atoms with Gasteiger partial charge in [0.2, 0.25) is 5.88 Å². The summed E-state index contributed by atoms with van der Waals surface area (Å²) >= 11 is 0. The van der Waals surface area contributed by atoms with Crippen molar-refractivity contribution in [1.82, 2.24) is 4.98 Å². The maximum absolute atomic E-state index is 13.1. The van der Waals surface area contributed by atoms with Crippen molar-refractivity contribution < 1.29 is 9.13 Å². The van der Waals surface area contributed by atoms with Gasteiger partial charge in [-0.3, -0.25) is 0 Å². The monoisotopic (exact) mass is 274 g/mol. The summed E-state index contributed by atoms with van der Waals surface area (Å²) in [5.41, 5.74) is 1.90. The molecule has 0 fully saturated rings. The van der Waals surface area contributed by atoms with E-state index in [-0.39, 0.29) is 11.9 Å². The van der Waals surface area contributed by atoms with E-state index in [0.29, 0.717) is 12.5 Å². The summed E-state index contributed by atoms with van der Waals surface area (Å²) in [6, 6.07) is 10.6. The maximum atomic E-state index is 13.1. The third-order valence-corrected chi connectivity index (χ3v) is 2.87. The van der Waals surface area contributed by atoms with E-state index in [0.717, 1.165) is 17.7 Å². The second kappa shape index (κ2) is 6.89. The fourth-order valence-electron chi connectivity index (χ4n) is 2.05. The minimum Gasteiger partial charge on any atom is -0.478 e. The van der Waals surface area contributed by atoms with Crippen LogP contribution in [0.5, 0.6) is 5.88 Å². The van der Waals surface area contributed by atoms with Crippen molar-refractivity contribution in [3.8, 4) is 5.88 Å². The molecule has 0 aliphatic heterocycles. The topological polar surface area (TPSA) is 34.1 Å². The first-order chi connectivity index (χ1) is 9.67. The third kappa shape index (κ3) is 4.23. The number of anilines is 1. The van der Waals surface area contributed by atoms with Crippen molar-refractivity contribution in [2.24, 2.45) is 0 Å². The molecule has 0 aliphatic rings. The molecule has 2 rings (SSSR count). The van der Waals surface area contributed by atoms with Crippen LogP contribution in [0.4, 0.5) is 10.1 Å². The Bertz CT molecular complexity index is 542. The van der Waals surface area contributed by atoms with E-state index in [1.54, 1.807) is 18.3 Å². The minimum absolute atomic E-state index is 0.191. The van der Waals surface area contributed by atoms with Gasteiger partial charge in [-0.05, 0) is 44.0 Å². The summed E-state index contributed by atoms with van der Waals surface area (Å²) in [7, 11) is 0. The van der Waals surface area contributed by atoms with Gasteiger partial charge in [-0.1, -0.05) is 12.1 Å². The van der Waals surface area contributed by atoms with Gasteiger partial charge in [0.05, 0.1) is 18.5 Å². The number of aromatic nitrogens is 1. The Morgan fingerprint density at radius 3 is 2.80 bits per heavy atom. The number of pyridine rings is 1. The van der Waals surface area contributed by atoms with Crippen LogP contribution in [0.25, 0.3) is 0 Å². The average Bonchev–Trinajstić information content (AvgIpc) is 2.41. The zero-order valence-corrected chi connectivity index (χ0v) is 11.8. The molecule has 1 heterocycles. The molecule has 3 nitrogen and oxygen atoms in total. The van der Waals surface area contributed by atoms with Crippen LogP contribution in [0, 0.1) is 5.82 Å². The molecule has 4 heteroatoms. The molecule has 20 heavy (non-hydrogen) atoms. The van der Waals surface area contributed by atoms with Gasteiger partial charge in [0.25, 0.3) is 0 Å². The van der Waals surface area contributed by atoms with Crippen molar-refractivity contribution >= 4 is 5.69 Å². The lowest BCUT2D eigenvalue weighted by atomic mass is 10.1. The molecule has 1 aromatic carbocycles. The van der Waals surface area contributed by atoms with Crippen LogP contribution in [-0.2, 0) is 6.42 Å². The molecule has 1 N–H and O–H groups in total. The van der Waals surface area contributed by atoms with Crippen LogP contribution in [0.3, 0.4) is 0 Å². The van der Waals surface area contributed by atoms with Gasteiger partial charge >= 0.3 is 0 Å². The Labute approximate surface area is 118 Å². The Morgan fingerprint density at radius 2 is 2.15 bits per heavy atom. The van der Waals surface area contributed by atoms with E-state index in [1.165, 1.54) is 6.07 Å². The van der Waals surface area contributed by atoms with E-state index in [4.69, 9.17) is 4.74 Å². The van der Waals surface area contributed by atoms with Gasteiger partial charge in [-0.25, -0.2) is 9.37 Å². The van der Waals surface area contributed by atoms with Gasteiger partial charge < -0.3 is 10.1 Å². The van der Waals surface area contributed by atoms with Crippen LogP contribution in [0.15, 0.2) is 42.6 Å². The Balaban J connectivity index is 1.92. The van der Waals surface area contributed by atoms with E-state index in [1.807, 2.05) is 25.1 Å². The molecule has 1 aromatic heterocycles. The van der Waals surface area contributed by atoms with Crippen molar-refractivity contribution in [2.45, 2.75) is 26.3 Å². The molecule has 2 aromatic rings. The fourth-order valence-corrected chi connectivity index (χ4v) is 2.05. The van der Waals surface area contributed by atoms with E-state index in [9.17, 15) is 4.39 Å². The summed E-state index contributed by atoms with van der Waals surface area (Å²) in [6.45, 7) is 4.59. The third-order valence-electron chi connectivity index (χ3n) is 2.87. The minimum atomic E-state index is -0.197. The fraction of sp³-hybridized carbons (Fsp3) is 0.312. The Kier molecular flexibility index (Phi) is 4.93. The van der Waals surface area contributed by atoms with Crippen molar-refractivity contribution in [3.63, 3.8) is 0 Å². The number of halogens is 1. The van der Waals surface area contributed by atoms with Gasteiger partial charge in [0, 0.05) is 12.1 Å². The van der Waals surface area contributed by atoms with Crippen LogP contribution >= 0.6 is 0 Å². The summed E-state index contributed by atoms with van der Waals surface area (Å²) < 4.78 is 18.4. The highest BCUT2D eigenvalue weighted by molar-refractivity contribution is 5.43. The van der Waals surface area contributed by atoms with Crippen LogP contribution in [0.2, 0.25) is 0 Å². The summed E-state index contributed by atoms with van der Waals surface area (Å²) in [4.78, 5) is 4.20. The molecule has 0 saturated carbocycles. The van der Waals surface area contributed by atoms with E-state index >= 15 is 0 Å². The highest BCUT2D eigenvalue weighted by atomic mass is 19.1. The van der Waals surface area contributed by atoms with Crippen molar-refractivity contribution in [1.29, 1.82) is 0 Å². The lowest BCUT2D eigenvalue weighted by Crippen LogP contribution is -2.18. The number of hydrogen-bond donors (Lipinski definition) is 1. The Morgan fingerprint density at radius 1 is 1.30 bits per heavy atom. The second-order valence-corrected chi connectivity index (χ2v) is 4.70. The second-order valence-electron chi connectivity index (χ2n) is 4.70. The quantitative estimate of drug-likeness (QED) is 0.872. The number of hydrogen-bond acceptors (Lipinski definition) is 3. The van der Waals surface area contributed by atoms with Gasteiger partial charge in [0.1, 0.15) is 5.82 Å². The molecule has 1 atom stereocenters. The molecule has 0 radical (unpaired) electrons. The highest BCUT2D eigenvalue weighted by Gasteiger charge is 2.05. The number of rotatable bonds is 6. The standard InChI is InChI=1S/C16H19FN2O/c1-3-20-16-8-7-15(11-18-16)19-12(2)9-13-5-4-6-14(17)10-13/h4-8,10-12,19H,3,9H2,1-2H3. The van der Waals surface area contributed by atoms with Crippen LogP contribution in [-0.4, -0.2) is 17.6 Å². The molecule has 106 valence electrons. The smallest absolute Gasteiger partial charge is 0.213 e. The predicted molar refractivity (Wildman–Crippen MR) is 78.6 cm³/mol. The molecule has 0 spiro atoms. The molecule has 0 bridgehead atoms. The Hall–Kier alpha value is -2.10. The van der Waals surface area contributed by atoms with Crippen LogP contribution in [0.1, 0.15) is 19.4 Å². The normalized spacial score (nSPS) is 11.9. The lowest BCUT2D eigenvalue weighted by Gasteiger charge is -2.15. The zero-order valence-electron chi connectivity index (χ0n) is 11.8. The van der Waals surface area contributed by atoms with E-state index < -0.39 is 0 Å².